The molecule has 6 saturated heterocycles. The fourth-order valence-electron chi connectivity index (χ4n) is 12.6. The smallest absolute Gasteiger partial charge is 0.111 e. The van der Waals surface area contributed by atoms with Crippen LogP contribution in [0.3, 0.4) is 0 Å². The van der Waals surface area contributed by atoms with Crippen LogP contribution in [0.5, 0.6) is 0 Å². The molecule has 4 aromatic rings. The van der Waals surface area contributed by atoms with Gasteiger partial charge in [0, 0.05) is 38.2 Å². The number of rotatable bonds is 16. The van der Waals surface area contributed by atoms with Crippen LogP contribution in [0.25, 0.3) is 0 Å². The fourth-order valence-corrected chi connectivity index (χ4v) is 12.6. The second-order valence-corrected chi connectivity index (χ2v) is 22.2. The summed E-state index contributed by atoms with van der Waals surface area (Å²) in [6, 6.07) is 41.3. The van der Waals surface area contributed by atoms with Gasteiger partial charge in [-0.25, -0.2) is 0 Å². The molecule has 6 aliphatic rings. The average Bonchev–Trinajstić information content (AvgIpc) is 3.58. The lowest BCUT2D eigenvalue weighted by Gasteiger charge is -2.55. The molecule has 1 N–H and O–H groups in total. The van der Waals surface area contributed by atoms with Gasteiger partial charge in [0.1, 0.15) is 12.2 Å². The molecule has 17 atom stereocenters. The number of hydrogen-bond acceptors (Lipinski definition) is 11. The number of hydrogen-bond donors (Lipinski definition) is 1. The quantitative estimate of drug-likeness (QED) is 0.108. The molecular weight excluding hydrogens is 897 g/mol. The van der Waals surface area contributed by atoms with Gasteiger partial charge in [-0.1, -0.05) is 128 Å². The molecule has 11 heteroatoms. The van der Waals surface area contributed by atoms with Crippen molar-refractivity contribution in [2.45, 2.75) is 215 Å². The maximum absolute atomic E-state index is 12.1. The second-order valence-electron chi connectivity index (χ2n) is 22.2. The van der Waals surface area contributed by atoms with Crippen LogP contribution in [0.15, 0.2) is 121 Å². The molecule has 6 fully saturated rings. The maximum atomic E-state index is 12.1. The Labute approximate surface area is 422 Å². The molecule has 6 aliphatic heterocycles. The first kappa shape index (κ1) is 50.9. The van der Waals surface area contributed by atoms with Crippen LogP contribution in [0.2, 0.25) is 0 Å². The Kier molecular flexibility index (Phi) is 16.1. The van der Waals surface area contributed by atoms with Gasteiger partial charge >= 0.3 is 0 Å². The normalized spacial score (nSPS) is 39.2. The summed E-state index contributed by atoms with van der Waals surface area (Å²) in [5, 5.41) is 12.1. The van der Waals surface area contributed by atoms with Gasteiger partial charge in [-0.15, -0.1) is 0 Å². The number of fused-ring (bicyclic) bond motifs is 4. The van der Waals surface area contributed by atoms with E-state index in [1.807, 2.05) is 48.5 Å². The Morgan fingerprint density at radius 3 is 1.79 bits per heavy atom. The van der Waals surface area contributed by atoms with E-state index in [9.17, 15) is 5.11 Å². The van der Waals surface area contributed by atoms with E-state index < -0.39 is 29.0 Å². The van der Waals surface area contributed by atoms with E-state index in [0.717, 1.165) is 41.5 Å². The van der Waals surface area contributed by atoms with E-state index in [2.05, 4.69) is 107 Å². The zero-order valence-electron chi connectivity index (χ0n) is 42.6. The molecular formula is C60H78O11. The summed E-state index contributed by atoms with van der Waals surface area (Å²) < 4.78 is 69.5. The summed E-state index contributed by atoms with van der Waals surface area (Å²) in [6.07, 6.45) is 2.15. The molecule has 6 heterocycles. The largest absolute Gasteiger partial charge is 0.390 e. The zero-order valence-corrected chi connectivity index (χ0v) is 42.6. The molecule has 0 radical (unpaired) electrons. The van der Waals surface area contributed by atoms with Crippen molar-refractivity contribution in [3.8, 4) is 0 Å². The lowest BCUT2D eigenvalue weighted by molar-refractivity contribution is -0.319. The van der Waals surface area contributed by atoms with Gasteiger partial charge < -0.3 is 52.5 Å². The highest BCUT2D eigenvalue weighted by molar-refractivity contribution is 5.17. The van der Waals surface area contributed by atoms with Crippen molar-refractivity contribution in [1.29, 1.82) is 0 Å². The predicted octanol–water partition coefficient (Wildman–Crippen LogP) is 10.3. The van der Waals surface area contributed by atoms with Gasteiger partial charge in [0.05, 0.1) is 110 Å². The predicted molar refractivity (Wildman–Crippen MR) is 269 cm³/mol. The molecule has 0 aromatic heterocycles. The standard InChI is InChI=1S/C60H78O11/c1-40-48(28-31-62-36-42-18-10-6-11-19-42)67-51-34-54-59(4,71-57(51)55(40)65-39-45-24-16-9-17-25-45)30-27-52(64-38-44-22-14-8-15-23-44)60(5,70-54)35-46-32-47(61)56-49(66-46)26-29-58(3)53(68-56)33-50(41(2)69-58)63-37-43-20-12-7-13-21-43/h6-25,40-41,46-57,61H,26-39H2,1-5H3/t40-,41-,46-,47+,48+,49-,50+,51-,52+,53-,54+,55+,56+,57-,58+,59-,60-/m1/s1. The fraction of sp³-hybridized carbons (Fsp3) is 0.600. The van der Waals surface area contributed by atoms with Crippen LogP contribution in [-0.4, -0.2) is 108 Å². The second kappa shape index (κ2) is 22.5. The van der Waals surface area contributed by atoms with Crippen molar-refractivity contribution < 1.29 is 52.5 Å². The first-order valence-electron chi connectivity index (χ1n) is 26.7. The van der Waals surface area contributed by atoms with E-state index in [4.69, 9.17) is 47.4 Å². The van der Waals surface area contributed by atoms with Crippen LogP contribution in [-0.2, 0) is 73.8 Å². The minimum atomic E-state index is -0.798. The van der Waals surface area contributed by atoms with E-state index >= 15 is 0 Å². The molecule has 0 saturated carbocycles. The van der Waals surface area contributed by atoms with Gasteiger partial charge in [-0.2, -0.15) is 0 Å². The van der Waals surface area contributed by atoms with Gasteiger partial charge in [0.25, 0.3) is 0 Å². The molecule has 11 nitrogen and oxygen atoms in total. The molecule has 4 aromatic carbocycles. The topological polar surface area (TPSA) is 113 Å². The molecule has 71 heavy (non-hydrogen) atoms. The summed E-state index contributed by atoms with van der Waals surface area (Å²) >= 11 is 0. The number of benzene rings is 4. The monoisotopic (exact) mass is 975 g/mol. The van der Waals surface area contributed by atoms with Gasteiger partial charge in [-0.05, 0) is 82.1 Å². The van der Waals surface area contributed by atoms with Gasteiger partial charge in [0.15, 0.2) is 0 Å². The first-order valence-corrected chi connectivity index (χ1v) is 26.7. The maximum Gasteiger partial charge on any atom is 0.111 e. The lowest BCUT2D eigenvalue weighted by atomic mass is 9.78. The van der Waals surface area contributed by atoms with Crippen LogP contribution in [0, 0.1) is 5.92 Å². The zero-order chi connectivity index (χ0) is 49.0. The number of ether oxygens (including phenoxy) is 10. The minimum absolute atomic E-state index is 0.0573. The van der Waals surface area contributed by atoms with Gasteiger partial charge in [-0.3, -0.25) is 0 Å². The minimum Gasteiger partial charge on any atom is -0.390 e. The number of aliphatic hydroxyl groups is 1. The van der Waals surface area contributed by atoms with E-state index in [1.54, 1.807) is 0 Å². The van der Waals surface area contributed by atoms with E-state index in [-0.39, 0.29) is 73.1 Å². The molecule has 0 aliphatic carbocycles. The summed E-state index contributed by atoms with van der Waals surface area (Å²) in [4.78, 5) is 0. The Hall–Kier alpha value is -3.56. The summed E-state index contributed by atoms with van der Waals surface area (Å²) in [7, 11) is 0. The first-order chi connectivity index (χ1) is 34.4. The molecule has 384 valence electrons. The highest BCUT2D eigenvalue weighted by atomic mass is 16.6. The Balaban J connectivity index is 0.857. The van der Waals surface area contributed by atoms with Crippen molar-refractivity contribution >= 4 is 0 Å². The summed E-state index contributed by atoms with van der Waals surface area (Å²) in [5.41, 5.74) is 2.54. The number of aliphatic hydroxyl groups excluding tert-OH is 1. The SMILES string of the molecule is C[C@H]1[C@H](OCc2ccccc2)[C@@H]2O[C@]3(C)CC[C@H](OCc4ccccc4)[C@@](C)(C[C@H]4C[C@H](O)[C@@H]5O[C@@H]6C[C@H](OCc7ccccc7)[C@@H](C)O[C@@]6(C)CC[C@H]5O4)O[C@H]3C[C@H]2O[C@H]1CCOCc1ccccc1. The molecule has 0 amide bonds. The summed E-state index contributed by atoms with van der Waals surface area (Å²) in [6.45, 7) is 13.5. The summed E-state index contributed by atoms with van der Waals surface area (Å²) in [5.74, 6) is 0.0573. The highest BCUT2D eigenvalue weighted by Gasteiger charge is 2.59. The average molecular weight is 975 g/mol. The van der Waals surface area contributed by atoms with Crippen LogP contribution < -0.4 is 0 Å². The van der Waals surface area contributed by atoms with Crippen LogP contribution in [0.4, 0.5) is 0 Å². The van der Waals surface area contributed by atoms with Crippen molar-refractivity contribution in [2.24, 2.45) is 5.92 Å². The molecule has 0 bridgehead atoms. The third-order valence-electron chi connectivity index (χ3n) is 16.8. The van der Waals surface area contributed by atoms with Crippen molar-refractivity contribution in [2.75, 3.05) is 6.61 Å². The van der Waals surface area contributed by atoms with Crippen LogP contribution in [0.1, 0.15) is 115 Å². The van der Waals surface area contributed by atoms with Crippen molar-refractivity contribution in [3.63, 3.8) is 0 Å². The van der Waals surface area contributed by atoms with Crippen molar-refractivity contribution in [3.05, 3.63) is 144 Å². The Morgan fingerprint density at radius 2 is 1.14 bits per heavy atom. The third kappa shape index (κ3) is 11.9. The molecule has 0 unspecified atom stereocenters. The third-order valence-corrected chi connectivity index (χ3v) is 16.8. The lowest BCUT2D eigenvalue weighted by Crippen LogP contribution is -2.65. The van der Waals surface area contributed by atoms with Crippen LogP contribution >= 0.6 is 0 Å². The Bertz CT molecular complexity index is 2260. The van der Waals surface area contributed by atoms with Gasteiger partial charge in [0.2, 0.25) is 0 Å². The van der Waals surface area contributed by atoms with Crippen molar-refractivity contribution in [1.82, 2.24) is 0 Å². The molecule has 10 rings (SSSR count). The van der Waals surface area contributed by atoms with E-state index in [1.165, 1.54) is 0 Å². The molecule has 0 spiro atoms. The highest BCUT2D eigenvalue weighted by Crippen LogP contribution is 2.50. The Morgan fingerprint density at radius 1 is 0.563 bits per heavy atom. The van der Waals surface area contributed by atoms with E-state index in [0.29, 0.717) is 71.6 Å².